The van der Waals surface area contributed by atoms with Crippen molar-refractivity contribution in [3.63, 3.8) is 0 Å². The molecule has 0 bridgehead atoms. The molecule has 5 heteroatoms. The van der Waals surface area contributed by atoms with Gasteiger partial charge >= 0.3 is 0 Å². The maximum Gasteiger partial charge on any atom is 0.235 e. The number of benzene rings is 1. The number of sulfonamides is 1. The van der Waals surface area contributed by atoms with Crippen LogP contribution in [-0.2, 0) is 10.0 Å². The molecule has 1 fully saturated rings. The number of nitrogens with two attached hydrogens (primary N) is 1. The van der Waals surface area contributed by atoms with Gasteiger partial charge in [-0.2, -0.15) is 0 Å². The van der Waals surface area contributed by atoms with Crippen molar-refractivity contribution >= 4 is 15.7 Å². The first-order valence-electron chi connectivity index (χ1n) is 6.84. The Balaban J connectivity index is 2.29. The summed E-state index contributed by atoms with van der Waals surface area (Å²) in [4.78, 5) is 0. The normalized spacial score (nSPS) is 15.7. The van der Waals surface area contributed by atoms with E-state index in [4.69, 9.17) is 5.73 Å². The van der Waals surface area contributed by atoms with E-state index < -0.39 is 10.0 Å². The standard InChI is InChI=1S/C15H20N2O2S/c1-12-8-9-13(5-4-10-16)15(11-12)17-20(18,19)14-6-2-3-7-14/h8-9,11,14,17H,2-3,6-7,10,16H2,1H3. The Morgan fingerprint density at radius 2 is 2.05 bits per heavy atom. The third-order valence-corrected chi connectivity index (χ3v) is 5.35. The second-order valence-corrected chi connectivity index (χ2v) is 7.07. The summed E-state index contributed by atoms with van der Waals surface area (Å²) in [5.74, 6) is 5.67. The average Bonchev–Trinajstić information content (AvgIpc) is 2.92. The van der Waals surface area contributed by atoms with E-state index in [1.807, 2.05) is 25.1 Å². The smallest absolute Gasteiger partial charge is 0.235 e. The zero-order valence-electron chi connectivity index (χ0n) is 11.6. The molecule has 1 saturated carbocycles. The lowest BCUT2D eigenvalue weighted by atomic mass is 10.1. The average molecular weight is 292 g/mol. The molecule has 1 aliphatic carbocycles. The zero-order valence-corrected chi connectivity index (χ0v) is 12.5. The first-order valence-corrected chi connectivity index (χ1v) is 8.39. The largest absolute Gasteiger partial charge is 0.320 e. The number of anilines is 1. The summed E-state index contributed by atoms with van der Waals surface area (Å²) >= 11 is 0. The summed E-state index contributed by atoms with van der Waals surface area (Å²) in [6.45, 7) is 2.18. The van der Waals surface area contributed by atoms with E-state index in [0.717, 1.165) is 31.2 Å². The fraction of sp³-hybridized carbons (Fsp3) is 0.467. The topological polar surface area (TPSA) is 72.2 Å². The highest BCUT2D eigenvalue weighted by Gasteiger charge is 2.29. The lowest BCUT2D eigenvalue weighted by Crippen LogP contribution is -2.25. The molecule has 0 heterocycles. The molecule has 108 valence electrons. The van der Waals surface area contributed by atoms with Crippen LogP contribution in [0.3, 0.4) is 0 Å². The van der Waals surface area contributed by atoms with Gasteiger partial charge in [-0.25, -0.2) is 8.42 Å². The van der Waals surface area contributed by atoms with Crippen LogP contribution in [0.1, 0.15) is 36.8 Å². The van der Waals surface area contributed by atoms with Crippen LogP contribution in [0, 0.1) is 18.8 Å². The molecule has 1 aromatic rings. The van der Waals surface area contributed by atoms with Crippen LogP contribution < -0.4 is 10.5 Å². The number of hydrogen-bond acceptors (Lipinski definition) is 3. The molecule has 3 N–H and O–H groups in total. The zero-order chi connectivity index (χ0) is 14.6. The van der Waals surface area contributed by atoms with E-state index >= 15 is 0 Å². The van der Waals surface area contributed by atoms with Crippen LogP contribution in [0.2, 0.25) is 0 Å². The summed E-state index contributed by atoms with van der Waals surface area (Å²) < 4.78 is 27.4. The fourth-order valence-corrected chi connectivity index (χ4v) is 4.03. The van der Waals surface area contributed by atoms with E-state index in [1.165, 1.54) is 0 Å². The SMILES string of the molecule is Cc1ccc(C#CCN)c(NS(=O)(=O)C2CCCC2)c1. The van der Waals surface area contributed by atoms with Crippen LogP contribution in [0.4, 0.5) is 5.69 Å². The molecular weight excluding hydrogens is 272 g/mol. The van der Waals surface area contributed by atoms with E-state index in [1.54, 1.807) is 0 Å². The Hall–Kier alpha value is -1.51. The van der Waals surface area contributed by atoms with Crippen LogP contribution in [-0.4, -0.2) is 20.2 Å². The van der Waals surface area contributed by atoms with Gasteiger partial charge in [0.25, 0.3) is 0 Å². The van der Waals surface area contributed by atoms with Crippen LogP contribution in [0.15, 0.2) is 18.2 Å². The van der Waals surface area contributed by atoms with Crippen LogP contribution in [0.5, 0.6) is 0 Å². The molecule has 4 nitrogen and oxygen atoms in total. The minimum Gasteiger partial charge on any atom is -0.320 e. The van der Waals surface area contributed by atoms with Crippen molar-refractivity contribution in [1.82, 2.24) is 0 Å². The number of hydrogen-bond donors (Lipinski definition) is 2. The van der Waals surface area contributed by atoms with Gasteiger partial charge in [-0.05, 0) is 37.5 Å². The van der Waals surface area contributed by atoms with Crippen molar-refractivity contribution < 1.29 is 8.42 Å². The first-order chi connectivity index (χ1) is 9.53. The molecule has 0 unspecified atom stereocenters. The molecular formula is C15H20N2O2S. The number of aryl methyl sites for hydroxylation is 1. The third kappa shape index (κ3) is 3.53. The Bertz CT molecular complexity index is 636. The maximum absolute atomic E-state index is 12.4. The second kappa shape index (κ2) is 6.29. The molecule has 0 spiro atoms. The fourth-order valence-electron chi connectivity index (χ4n) is 2.43. The molecule has 1 aliphatic rings. The molecule has 0 aromatic heterocycles. The van der Waals surface area contributed by atoms with E-state index in [0.29, 0.717) is 11.3 Å². The highest BCUT2D eigenvalue weighted by Crippen LogP contribution is 2.27. The van der Waals surface area contributed by atoms with Crippen molar-refractivity contribution in [3.05, 3.63) is 29.3 Å². The molecule has 0 radical (unpaired) electrons. The monoisotopic (exact) mass is 292 g/mol. The van der Waals surface area contributed by atoms with Crippen molar-refractivity contribution in [1.29, 1.82) is 0 Å². The predicted octanol–water partition coefficient (Wildman–Crippen LogP) is 1.99. The Morgan fingerprint density at radius 1 is 1.35 bits per heavy atom. The summed E-state index contributed by atoms with van der Waals surface area (Å²) in [5, 5.41) is -0.279. The summed E-state index contributed by atoms with van der Waals surface area (Å²) in [7, 11) is -3.33. The van der Waals surface area contributed by atoms with Gasteiger partial charge in [0.05, 0.1) is 17.5 Å². The van der Waals surface area contributed by atoms with Gasteiger partial charge < -0.3 is 5.73 Å². The molecule has 2 rings (SSSR count). The second-order valence-electron chi connectivity index (χ2n) is 5.11. The highest BCUT2D eigenvalue weighted by atomic mass is 32.2. The summed E-state index contributed by atoms with van der Waals surface area (Å²) in [5.41, 5.74) is 7.59. The van der Waals surface area contributed by atoms with Gasteiger partial charge in [-0.15, -0.1) is 0 Å². The van der Waals surface area contributed by atoms with E-state index in [2.05, 4.69) is 16.6 Å². The van der Waals surface area contributed by atoms with Crippen molar-refractivity contribution in [2.45, 2.75) is 37.9 Å². The number of rotatable bonds is 3. The van der Waals surface area contributed by atoms with Crippen LogP contribution >= 0.6 is 0 Å². The van der Waals surface area contributed by atoms with Crippen molar-refractivity contribution in [3.8, 4) is 11.8 Å². The van der Waals surface area contributed by atoms with Gasteiger partial charge in [-0.3, -0.25) is 4.72 Å². The molecule has 0 atom stereocenters. The Morgan fingerprint density at radius 3 is 2.70 bits per heavy atom. The van der Waals surface area contributed by atoms with Gasteiger partial charge in [-0.1, -0.05) is 30.7 Å². The maximum atomic E-state index is 12.4. The van der Waals surface area contributed by atoms with Crippen molar-refractivity contribution in [2.75, 3.05) is 11.3 Å². The summed E-state index contributed by atoms with van der Waals surface area (Å²) in [6.07, 6.45) is 3.45. The van der Waals surface area contributed by atoms with Gasteiger partial charge in [0.1, 0.15) is 0 Å². The van der Waals surface area contributed by atoms with Crippen molar-refractivity contribution in [2.24, 2.45) is 5.73 Å². The first kappa shape index (κ1) is 14.9. The quantitative estimate of drug-likeness (QED) is 0.837. The minimum atomic E-state index is -3.33. The van der Waals surface area contributed by atoms with E-state index in [9.17, 15) is 8.42 Å². The molecule has 0 aliphatic heterocycles. The minimum absolute atomic E-state index is 0.253. The Kier molecular flexibility index (Phi) is 4.69. The lowest BCUT2D eigenvalue weighted by molar-refractivity contribution is 0.585. The van der Waals surface area contributed by atoms with Crippen LogP contribution in [0.25, 0.3) is 0 Å². The van der Waals surface area contributed by atoms with Gasteiger partial charge in [0, 0.05) is 5.56 Å². The molecule has 0 amide bonds. The van der Waals surface area contributed by atoms with Gasteiger partial charge in [0.15, 0.2) is 0 Å². The third-order valence-electron chi connectivity index (χ3n) is 3.49. The van der Waals surface area contributed by atoms with E-state index in [-0.39, 0.29) is 11.8 Å². The molecule has 1 aromatic carbocycles. The molecule has 20 heavy (non-hydrogen) atoms. The lowest BCUT2D eigenvalue weighted by Gasteiger charge is -2.15. The Labute approximate surface area is 120 Å². The number of nitrogens with one attached hydrogen (secondary N) is 1. The highest BCUT2D eigenvalue weighted by molar-refractivity contribution is 7.93. The van der Waals surface area contributed by atoms with Gasteiger partial charge in [0.2, 0.25) is 10.0 Å². The molecule has 0 saturated heterocycles. The summed E-state index contributed by atoms with van der Waals surface area (Å²) in [6, 6.07) is 5.55. The predicted molar refractivity (Wildman–Crippen MR) is 81.9 cm³/mol.